The third-order valence-corrected chi connectivity index (χ3v) is 8.82. The number of hydrogen-bond donors (Lipinski definition) is 0. The molecule has 5 rings (SSSR count). The Balaban J connectivity index is 1.15. The summed E-state index contributed by atoms with van der Waals surface area (Å²) in [6.45, 7) is 4.53. The molecule has 242 valence electrons. The summed E-state index contributed by atoms with van der Waals surface area (Å²) in [7, 11) is 0. The van der Waals surface area contributed by atoms with Gasteiger partial charge in [-0.15, -0.1) is 0 Å². The first-order valence-corrected chi connectivity index (χ1v) is 15.7. The van der Waals surface area contributed by atoms with E-state index in [0.717, 1.165) is 25.7 Å². The van der Waals surface area contributed by atoms with Crippen LogP contribution in [-0.4, -0.2) is 25.9 Å². The summed E-state index contributed by atoms with van der Waals surface area (Å²) in [4.78, 5) is 0. The highest BCUT2D eigenvalue weighted by Crippen LogP contribution is 2.40. The molecule has 3 nitrogen and oxygen atoms in total. The molecule has 3 aromatic rings. The summed E-state index contributed by atoms with van der Waals surface area (Å²) in [6, 6.07) is 8.18. The van der Waals surface area contributed by atoms with E-state index in [-0.39, 0.29) is 46.8 Å². The molecular weight excluding hydrogens is 594 g/mol. The summed E-state index contributed by atoms with van der Waals surface area (Å²) in [5, 5.41) is 0. The Morgan fingerprint density at radius 3 is 1.91 bits per heavy atom. The van der Waals surface area contributed by atoms with Crippen LogP contribution in [0.25, 0.3) is 16.7 Å². The van der Waals surface area contributed by atoms with Gasteiger partial charge in [0.15, 0.2) is 34.8 Å². The van der Waals surface area contributed by atoms with Crippen molar-refractivity contribution in [3.63, 3.8) is 0 Å². The lowest BCUT2D eigenvalue weighted by Crippen LogP contribution is -2.23. The van der Waals surface area contributed by atoms with Gasteiger partial charge in [0, 0.05) is 23.3 Å². The third kappa shape index (κ3) is 7.19. The number of rotatable bonds is 11. The molecule has 2 aliphatic carbocycles. The zero-order chi connectivity index (χ0) is 32.1. The van der Waals surface area contributed by atoms with E-state index in [0.29, 0.717) is 56.0 Å². The summed E-state index contributed by atoms with van der Waals surface area (Å²) in [5.74, 6) is -6.74. The second-order valence-electron chi connectivity index (χ2n) is 11.8. The Hall–Kier alpha value is -3.46. The molecule has 0 amide bonds. The van der Waals surface area contributed by atoms with Crippen molar-refractivity contribution in [3.8, 4) is 22.6 Å². The zero-order valence-electron chi connectivity index (χ0n) is 25.5. The standard InChI is InChI=1S/C36H38F6O3/c1-3-19-44-30-17-15-26(32(38)36(30)42)22-7-5-21(6-8-22)20-45-24-11-9-23(10-12-24)25-13-14-27(33(39)31(25)37)28-16-18-29(43-4-2)35(41)34(28)40/h9,13-18,21-22,24H,3-8,10-12,19-20H2,1-2H3. The number of benzene rings is 3. The van der Waals surface area contributed by atoms with Gasteiger partial charge in [-0.05, 0) is 99.5 Å². The number of halogens is 6. The number of ether oxygens (including phenoxy) is 3. The van der Waals surface area contributed by atoms with Gasteiger partial charge in [0.25, 0.3) is 0 Å². The van der Waals surface area contributed by atoms with Gasteiger partial charge in [0.2, 0.25) is 11.6 Å². The van der Waals surface area contributed by atoms with E-state index in [4.69, 9.17) is 14.2 Å². The van der Waals surface area contributed by atoms with Crippen LogP contribution in [0.3, 0.4) is 0 Å². The van der Waals surface area contributed by atoms with Crippen LogP contribution in [0.5, 0.6) is 11.5 Å². The van der Waals surface area contributed by atoms with Crippen molar-refractivity contribution in [3.05, 3.63) is 88.5 Å². The Morgan fingerprint density at radius 2 is 1.24 bits per heavy atom. The molecule has 0 bridgehead atoms. The van der Waals surface area contributed by atoms with Crippen molar-refractivity contribution >= 4 is 5.57 Å². The Kier molecular flexibility index (Phi) is 10.8. The van der Waals surface area contributed by atoms with Gasteiger partial charge in [-0.2, -0.15) is 8.78 Å². The van der Waals surface area contributed by atoms with Gasteiger partial charge in [-0.1, -0.05) is 31.2 Å². The molecule has 0 heterocycles. The lowest BCUT2D eigenvalue weighted by molar-refractivity contribution is 0.0157. The highest BCUT2D eigenvalue weighted by Gasteiger charge is 2.28. The zero-order valence-corrected chi connectivity index (χ0v) is 25.5. The maximum absolute atomic E-state index is 15.2. The molecule has 0 aliphatic heterocycles. The Morgan fingerprint density at radius 1 is 0.644 bits per heavy atom. The van der Waals surface area contributed by atoms with Crippen LogP contribution < -0.4 is 9.47 Å². The second-order valence-corrected chi connectivity index (χ2v) is 11.8. The molecule has 0 radical (unpaired) electrons. The Labute approximate surface area is 260 Å². The smallest absolute Gasteiger partial charge is 0.201 e. The van der Waals surface area contributed by atoms with Crippen LogP contribution >= 0.6 is 0 Å². The van der Waals surface area contributed by atoms with Crippen molar-refractivity contribution in [2.45, 2.75) is 77.2 Å². The van der Waals surface area contributed by atoms with E-state index in [1.165, 1.54) is 30.3 Å². The summed E-state index contributed by atoms with van der Waals surface area (Å²) < 4.78 is 105. The van der Waals surface area contributed by atoms with E-state index >= 15 is 8.78 Å². The molecule has 1 unspecified atom stereocenters. The van der Waals surface area contributed by atoms with E-state index in [1.807, 2.05) is 13.0 Å². The van der Waals surface area contributed by atoms with Gasteiger partial charge in [-0.3, -0.25) is 0 Å². The largest absolute Gasteiger partial charge is 0.491 e. The van der Waals surface area contributed by atoms with E-state index in [9.17, 15) is 17.6 Å². The Bertz CT molecular complexity index is 1530. The van der Waals surface area contributed by atoms with Crippen LogP contribution in [0.15, 0.2) is 42.5 Å². The average Bonchev–Trinajstić information content (AvgIpc) is 3.05. The van der Waals surface area contributed by atoms with E-state index in [2.05, 4.69) is 0 Å². The fraction of sp³-hybridized carbons (Fsp3) is 0.444. The van der Waals surface area contributed by atoms with Crippen molar-refractivity contribution in [2.24, 2.45) is 5.92 Å². The average molecular weight is 633 g/mol. The molecule has 0 aromatic heterocycles. The van der Waals surface area contributed by atoms with Gasteiger partial charge < -0.3 is 14.2 Å². The monoisotopic (exact) mass is 632 g/mol. The topological polar surface area (TPSA) is 27.7 Å². The SMILES string of the molecule is CCCOc1ccc(C2CCC(COC3CC=C(c4ccc(-c5ccc(OCC)c(F)c5F)c(F)c4F)CC3)CC2)c(F)c1F. The van der Waals surface area contributed by atoms with E-state index in [1.54, 1.807) is 13.0 Å². The van der Waals surface area contributed by atoms with Crippen molar-refractivity contribution in [1.82, 2.24) is 0 Å². The van der Waals surface area contributed by atoms with Gasteiger partial charge in [0.1, 0.15) is 0 Å². The normalized spacial score (nSPS) is 20.2. The minimum atomic E-state index is -1.30. The highest BCUT2D eigenvalue weighted by molar-refractivity contribution is 5.72. The predicted octanol–water partition coefficient (Wildman–Crippen LogP) is 10.3. The van der Waals surface area contributed by atoms with Crippen LogP contribution in [-0.2, 0) is 4.74 Å². The van der Waals surface area contributed by atoms with Crippen molar-refractivity contribution in [2.75, 3.05) is 19.8 Å². The summed E-state index contributed by atoms with van der Waals surface area (Å²) >= 11 is 0. The maximum atomic E-state index is 15.2. The molecular formula is C36H38F6O3. The lowest BCUT2D eigenvalue weighted by atomic mass is 9.78. The summed E-state index contributed by atoms with van der Waals surface area (Å²) in [6.07, 6.45) is 7.26. The van der Waals surface area contributed by atoms with Crippen LogP contribution in [0.1, 0.15) is 82.3 Å². The molecule has 3 aromatic carbocycles. The molecule has 9 heteroatoms. The second kappa shape index (κ2) is 14.8. The highest BCUT2D eigenvalue weighted by atomic mass is 19.2. The fourth-order valence-electron chi connectivity index (χ4n) is 6.32. The van der Waals surface area contributed by atoms with E-state index < -0.39 is 34.9 Å². The molecule has 0 N–H and O–H groups in total. The molecule has 1 atom stereocenters. The first-order valence-electron chi connectivity index (χ1n) is 15.7. The molecule has 1 saturated carbocycles. The first kappa shape index (κ1) is 32.9. The van der Waals surface area contributed by atoms with Crippen molar-refractivity contribution < 1.29 is 40.6 Å². The fourth-order valence-corrected chi connectivity index (χ4v) is 6.32. The van der Waals surface area contributed by atoms with Crippen LogP contribution in [0, 0.1) is 40.8 Å². The summed E-state index contributed by atoms with van der Waals surface area (Å²) in [5.41, 5.74) is 0.375. The number of hydrogen-bond acceptors (Lipinski definition) is 3. The maximum Gasteiger partial charge on any atom is 0.201 e. The van der Waals surface area contributed by atoms with Crippen LogP contribution in [0.4, 0.5) is 26.3 Å². The first-order chi connectivity index (χ1) is 21.7. The quantitative estimate of drug-likeness (QED) is 0.197. The molecule has 45 heavy (non-hydrogen) atoms. The van der Waals surface area contributed by atoms with Gasteiger partial charge in [0.05, 0.1) is 19.3 Å². The van der Waals surface area contributed by atoms with Gasteiger partial charge in [-0.25, -0.2) is 17.6 Å². The van der Waals surface area contributed by atoms with Gasteiger partial charge >= 0.3 is 0 Å². The predicted molar refractivity (Wildman–Crippen MR) is 161 cm³/mol. The molecule has 0 spiro atoms. The number of allylic oxidation sites excluding steroid dienone is 1. The lowest BCUT2D eigenvalue weighted by Gasteiger charge is -2.31. The molecule has 2 aliphatic rings. The minimum absolute atomic E-state index is 0.0502. The molecule has 0 saturated heterocycles. The third-order valence-electron chi connectivity index (χ3n) is 8.82. The minimum Gasteiger partial charge on any atom is -0.491 e. The molecule has 1 fully saturated rings. The van der Waals surface area contributed by atoms with Crippen LogP contribution in [0.2, 0.25) is 0 Å². The van der Waals surface area contributed by atoms with Crippen molar-refractivity contribution in [1.29, 1.82) is 0 Å².